The minimum Gasteiger partial charge on any atom is -0.451 e. The highest BCUT2D eigenvalue weighted by Gasteiger charge is 2.40. The maximum atomic E-state index is 12.8. The molecule has 1 aromatic carbocycles. The molecule has 1 aliphatic rings. The van der Waals surface area contributed by atoms with Gasteiger partial charge in [0.05, 0.1) is 11.6 Å². The number of furan rings is 1. The number of benzene rings is 1. The monoisotopic (exact) mass is 287 g/mol. The van der Waals surface area contributed by atoms with Crippen LogP contribution >= 0.6 is 0 Å². The van der Waals surface area contributed by atoms with Crippen LogP contribution in [0.4, 0.5) is 0 Å². The Morgan fingerprint density at radius 2 is 2.10 bits per heavy atom. The lowest BCUT2D eigenvalue weighted by Crippen LogP contribution is -2.48. The lowest BCUT2D eigenvalue weighted by atomic mass is 9.96. The predicted octanol–water partition coefficient (Wildman–Crippen LogP) is 3.12. The van der Waals surface area contributed by atoms with Crippen molar-refractivity contribution in [1.82, 2.24) is 4.90 Å². The fraction of sp³-hybridized carbons (Fsp3) is 0.471. The topological polar surface area (TPSA) is 53.7 Å². The molecule has 1 atom stereocenters. The van der Waals surface area contributed by atoms with Crippen molar-refractivity contribution in [1.29, 1.82) is 0 Å². The highest BCUT2D eigenvalue weighted by atomic mass is 16.3. The second kappa shape index (κ2) is 4.88. The molecule has 21 heavy (non-hydrogen) atoms. The second-order valence-electron chi connectivity index (χ2n) is 6.36. The van der Waals surface area contributed by atoms with Crippen molar-refractivity contribution in [3.05, 3.63) is 35.6 Å². The van der Waals surface area contributed by atoms with E-state index in [0.29, 0.717) is 12.3 Å². The van der Waals surface area contributed by atoms with Gasteiger partial charge in [-0.15, -0.1) is 0 Å². The fourth-order valence-corrected chi connectivity index (χ4v) is 3.25. The number of nitrogens with zero attached hydrogens (tertiary/aromatic N) is 1. The van der Waals surface area contributed by atoms with Gasteiger partial charge >= 0.3 is 0 Å². The molecule has 0 radical (unpaired) electrons. The summed E-state index contributed by atoms with van der Waals surface area (Å²) < 4.78 is 5.76. The van der Waals surface area contributed by atoms with Gasteiger partial charge in [0.25, 0.3) is 5.91 Å². The minimum atomic E-state index is -0.897. The molecule has 1 fully saturated rings. The molecule has 0 aliphatic carbocycles. The summed E-state index contributed by atoms with van der Waals surface area (Å²) in [6, 6.07) is 7.51. The van der Waals surface area contributed by atoms with Crippen molar-refractivity contribution >= 4 is 16.9 Å². The SMILES string of the molecule is Cc1c(C(=O)N2CCCC2C(C)(C)O)oc2ccccc12. The first-order valence-corrected chi connectivity index (χ1v) is 7.41. The van der Waals surface area contributed by atoms with Crippen LogP contribution in [0, 0.1) is 6.92 Å². The molecule has 2 aromatic rings. The van der Waals surface area contributed by atoms with Crippen LogP contribution in [-0.2, 0) is 0 Å². The number of carbonyl (C=O) groups is 1. The third-order valence-corrected chi connectivity index (χ3v) is 4.37. The number of carbonyl (C=O) groups excluding carboxylic acids is 1. The quantitative estimate of drug-likeness (QED) is 0.923. The van der Waals surface area contributed by atoms with Crippen LogP contribution in [0.1, 0.15) is 42.8 Å². The molecule has 0 spiro atoms. The van der Waals surface area contributed by atoms with Gasteiger partial charge in [-0.3, -0.25) is 4.79 Å². The van der Waals surface area contributed by atoms with Gasteiger partial charge in [0.2, 0.25) is 0 Å². The lowest BCUT2D eigenvalue weighted by Gasteiger charge is -2.33. The van der Waals surface area contributed by atoms with Crippen molar-refractivity contribution < 1.29 is 14.3 Å². The Balaban J connectivity index is 1.99. The zero-order valence-corrected chi connectivity index (χ0v) is 12.7. The zero-order valence-electron chi connectivity index (χ0n) is 12.7. The third kappa shape index (κ3) is 2.33. The van der Waals surface area contributed by atoms with Crippen molar-refractivity contribution in [3.63, 3.8) is 0 Å². The maximum Gasteiger partial charge on any atom is 0.290 e. The van der Waals surface area contributed by atoms with E-state index in [1.807, 2.05) is 31.2 Å². The summed E-state index contributed by atoms with van der Waals surface area (Å²) in [5.74, 6) is 0.278. The van der Waals surface area contributed by atoms with Crippen molar-refractivity contribution in [2.75, 3.05) is 6.54 Å². The average molecular weight is 287 g/mol. The van der Waals surface area contributed by atoms with E-state index in [-0.39, 0.29) is 11.9 Å². The molecule has 0 bridgehead atoms. The van der Waals surface area contributed by atoms with Gasteiger partial charge in [-0.2, -0.15) is 0 Å². The molecule has 1 aliphatic heterocycles. The largest absolute Gasteiger partial charge is 0.451 e. The normalized spacial score (nSPS) is 19.4. The molecular formula is C17H21NO3. The van der Waals surface area contributed by atoms with Crippen LogP contribution in [0.5, 0.6) is 0 Å². The number of amides is 1. The Morgan fingerprint density at radius 3 is 2.76 bits per heavy atom. The summed E-state index contributed by atoms with van der Waals surface area (Å²) >= 11 is 0. The van der Waals surface area contributed by atoms with E-state index >= 15 is 0 Å². The van der Waals surface area contributed by atoms with Gasteiger partial charge in [-0.05, 0) is 39.7 Å². The summed E-state index contributed by atoms with van der Waals surface area (Å²) in [5.41, 5.74) is 0.709. The molecule has 4 heteroatoms. The van der Waals surface area contributed by atoms with Gasteiger partial charge in [0.1, 0.15) is 5.58 Å². The molecule has 1 unspecified atom stereocenters. The number of para-hydroxylation sites is 1. The summed E-state index contributed by atoms with van der Waals surface area (Å²) in [4.78, 5) is 14.6. The molecule has 1 aromatic heterocycles. The van der Waals surface area contributed by atoms with E-state index in [4.69, 9.17) is 4.42 Å². The fourth-order valence-electron chi connectivity index (χ4n) is 3.25. The maximum absolute atomic E-state index is 12.8. The van der Waals surface area contributed by atoms with Crippen molar-refractivity contribution in [2.24, 2.45) is 0 Å². The van der Waals surface area contributed by atoms with Gasteiger partial charge in [-0.25, -0.2) is 0 Å². The van der Waals surface area contributed by atoms with E-state index in [1.54, 1.807) is 18.7 Å². The van der Waals surface area contributed by atoms with Crippen LogP contribution in [0.3, 0.4) is 0 Å². The van der Waals surface area contributed by atoms with Gasteiger partial charge in [-0.1, -0.05) is 18.2 Å². The summed E-state index contributed by atoms with van der Waals surface area (Å²) in [6.45, 7) is 6.10. The zero-order chi connectivity index (χ0) is 15.2. The van der Waals surface area contributed by atoms with Gasteiger partial charge < -0.3 is 14.4 Å². The first kappa shape index (κ1) is 14.1. The molecule has 0 saturated carbocycles. The molecule has 4 nitrogen and oxygen atoms in total. The highest BCUT2D eigenvalue weighted by molar-refractivity contribution is 5.99. The molecule has 1 saturated heterocycles. The Labute approximate surface area is 124 Å². The Bertz CT molecular complexity index is 681. The number of aryl methyl sites for hydroxylation is 1. The minimum absolute atomic E-state index is 0.117. The molecule has 1 N–H and O–H groups in total. The second-order valence-corrected chi connectivity index (χ2v) is 6.36. The number of fused-ring (bicyclic) bond motifs is 1. The van der Waals surface area contributed by atoms with Gasteiger partial charge in [0, 0.05) is 17.5 Å². The molecular weight excluding hydrogens is 266 g/mol. The summed E-state index contributed by atoms with van der Waals surface area (Å²) in [7, 11) is 0. The standard InChI is InChI=1S/C17H21NO3/c1-11-12-7-4-5-8-13(12)21-15(11)16(19)18-10-6-9-14(18)17(2,3)20/h4-5,7-8,14,20H,6,9-10H2,1-3H3. The van der Waals surface area contributed by atoms with E-state index in [2.05, 4.69) is 0 Å². The molecule has 1 amide bonds. The Morgan fingerprint density at radius 1 is 1.38 bits per heavy atom. The molecule has 112 valence electrons. The van der Waals surface area contributed by atoms with Crippen LogP contribution in [0.2, 0.25) is 0 Å². The summed E-state index contributed by atoms with van der Waals surface area (Å²) in [6.07, 6.45) is 1.74. The number of hydrogen-bond acceptors (Lipinski definition) is 3. The van der Waals surface area contributed by atoms with Crippen molar-refractivity contribution in [2.45, 2.75) is 45.3 Å². The van der Waals surface area contributed by atoms with Crippen LogP contribution in [-0.4, -0.2) is 34.1 Å². The van der Waals surface area contributed by atoms with Crippen LogP contribution in [0.15, 0.2) is 28.7 Å². The predicted molar refractivity (Wildman–Crippen MR) is 81.3 cm³/mol. The number of hydrogen-bond donors (Lipinski definition) is 1. The first-order chi connectivity index (χ1) is 9.89. The smallest absolute Gasteiger partial charge is 0.290 e. The Kier molecular flexibility index (Phi) is 3.29. The number of likely N-dealkylation sites (tertiary alicyclic amines) is 1. The Hall–Kier alpha value is -1.81. The van der Waals surface area contributed by atoms with Crippen molar-refractivity contribution in [3.8, 4) is 0 Å². The molecule has 2 heterocycles. The first-order valence-electron chi connectivity index (χ1n) is 7.41. The van der Waals surface area contributed by atoms with Crippen LogP contribution < -0.4 is 0 Å². The average Bonchev–Trinajstić information content (AvgIpc) is 3.03. The number of rotatable bonds is 2. The van der Waals surface area contributed by atoms with E-state index in [9.17, 15) is 9.90 Å². The number of aliphatic hydroxyl groups is 1. The lowest BCUT2D eigenvalue weighted by molar-refractivity contribution is -0.000723. The summed E-state index contributed by atoms with van der Waals surface area (Å²) in [5, 5.41) is 11.2. The van der Waals surface area contributed by atoms with E-state index < -0.39 is 5.60 Å². The van der Waals surface area contributed by atoms with Gasteiger partial charge in [0.15, 0.2) is 5.76 Å². The highest BCUT2D eigenvalue weighted by Crippen LogP contribution is 2.31. The van der Waals surface area contributed by atoms with E-state index in [0.717, 1.165) is 29.4 Å². The molecule has 3 rings (SSSR count). The van der Waals surface area contributed by atoms with E-state index in [1.165, 1.54) is 0 Å². The third-order valence-electron chi connectivity index (χ3n) is 4.37. The van der Waals surface area contributed by atoms with Crippen LogP contribution in [0.25, 0.3) is 11.0 Å².